The summed E-state index contributed by atoms with van der Waals surface area (Å²) in [6.07, 6.45) is 10.8. The average Bonchev–Trinajstić information content (AvgIpc) is 1.44. The Hall–Kier alpha value is -7.02. The van der Waals surface area contributed by atoms with Crippen LogP contribution >= 0.6 is 0 Å². The summed E-state index contributed by atoms with van der Waals surface area (Å²) in [4.78, 5) is 67.1. The molecule has 484 valence electrons. The van der Waals surface area contributed by atoms with Crippen LogP contribution in [-0.4, -0.2) is 176 Å². The molecule has 5 N–H and O–H groups in total. The van der Waals surface area contributed by atoms with Gasteiger partial charge < -0.3 is 63.8 Å². The number of hydrogen-bond acceptors (Lipinski definition) is 25. The Morgan fingerprint density at radius 3 is 1.54 bits per heavy atom. The first-order valence-corrected chi connectivity index (χ1v) is 31.7. The summed E-state index contributed by atoms with van der Waals surface area (Å²) in [5.41, 5.74) is 1.51. The average molecular weight is 1240 g/mol. The van der Waals surface area contributed by atoms with Gasteiger partial charge >= 0.3 is 29.8 Å². The van der Waals surface area contributed by atoms with Crippen LogP contribution in [0.1, 0.15) is 140 Å². The molecule has 0 spiro atoms. The molecule has 1 aromatic heterocycles. The molecule has 0 fully saturated rings. The van der Waals surface area contributed by atoms with Crippen LogP contribution < -0.4 is 20.1 Å². The SMILES string of the molecule is COc1cc(S(=O)(=O)CCN(CCOC(=O)CCCCCO)CCOC(=O)CCCCCO)c(OC)cc1N=Nc1c(Nc2ccccc2)nc(NCCOCCOC(=O)CCCCCOC(=O)CCCCCOC(=O)CCCCCO)c(C#N)c1C. The van der Waals surface area contributed by atoms with E-state index in [-0.39, 0.29) is 174 Å². The molecule has 26 heteroatoms. The summed E-state index contributed by atoms with van der Waals surface area (Å²) >= 11 is 0. The van der Waals surface area contributed by atoms with Gasteiger partial charge in [0.2, 0.25) is 0 Å². The van der Waals surface area contributed by atoms with Crippen molar-refractivity contribution in [3.05, 3.63) is 53.6 Å². The van der Waals surface area contributed by atoms with Gasteiger partial charge in [-0.1, -0.05) is 37.5 Å². The monoisotopic (exact) mass is 1240 g/mol. The number of pyridine rings is 1. The number of nitrogens with one attached hydrogen (secondary N) is 2. The molecule has 3 rings (SSSR count). The highest BCUT2D eigenvalue weighted by Gasteiger charge is 2.25. The number of azo groups is 1. The van der Waals surface area contributed by atoms with Crippen LogP contribution in [-0.2, 0) is 62.2 Å². The highest BCUT2D eigenvalue weighted by molar-refractivity contribution is 7.91. The minimum Gasteiger partial charge on any atom is -0.495 e. The van der Waals surface area contributed by atoms with Crippen molar-refractivity contribution in [2.45, 2.75) is 140 Å². The predicted molar refractivity (Wildman–Crippen MR) is 323 cm³/mol. The third-order valence-electron chi connectivity index (χ3n) is 13.4. The van der Waals surface area contributed by atoms with Crippen LogP contribution in [0, 0.1) is 18.3 Å². The second-order valence-corrected chi connectivity index (χ2v) is 22.2. The Morgan fingerprint density at radius 1 is 0.575 bits per heavy atom. The lowest BCUT2D eigenvalue weighted by molar-refractivity contribution is -0.146. The number of aromatic nitrogens is 1. The standard InChI is InChI=1S/C61H91N7O18S/c1-47-49(46-62)60(63-29-38-81-41-42-86-58(76)28-16-9-21-37-83-55(73)27-15-8-20-36-82-54(72)24-12-5-17-33-69)65-61(64-48-22-10-4-11-23-48)59(47)67-66-50-44-52(80-3)53(45-51(50)79-2)87(77,78)43-32-68(30-39-84-56(74)25-13-6-18-34-70)31-40-85-57(75)26-14-7-19-35-71/h4,10-11,22-23,44-45,69-71H,5-9,12-21,24-43H2,1-3H3,(H2,63,64,65). The van der Waals surface area contributed by atoms with E-state index in [1.165, 1.54) is 26.4 Å². The number of aliphatic hydroxyl groups is 3. The summed E-state index contributed by atoms with van der Waals surface area (Å²) in [7, 11) is -1.46. The smallest absolute Gasteiger partial charge is 0.305 e. The van der Waals surface area contributed by atoms with Crippen molar-refractivity contribution in [2.24, 2.45) is 10.2 Å². The van der Waals surface area contributed by atoms with Crippen LogP contribution in [0.25, 0.3) is 0 Å². The molecule has 1 heterocycles. The lowest BCUT2D eigenvalue weighted by atomic mass is 10.1. The van der Waals surface area contributed by atoms with Gasteiger partial charge in [0, 0.05) is 101 Å². The topological polar surface area (TPSA) is 343 Å². The van der Waals surface area contributed by atoms with Crippen molar-refractivity contribution in [1.82, 2.24) is 9.88 Å². The summed E-state index contributed by atoms with van der Waals surface area (Å²) in [5, 5.41) is 52.7. The number of sulfone groups is 1. The molecule has 0 atom stereocenters. The molecule has 3 aromatic rings. The number of anilines is 3. The van der Waals surface area contributed by atoms with Crippen molar-refractivity contribution < 1.29 is 85.6 Å². The number of carbonyl (C=O) groups is 5. The van der Waals surface area contributed by atoms with Gasteiger partial charge in [-0.15, -0.1) is 10.2 Å². The minimum absolute atomic E-state index is 0.0325. The molecule has 0 radical (unpaired) electrons. The quantitative estimate of drug-likeness (QED) is 0.0153. The van der Waals surface area contributed by atoms with E-state index in [1.54, 1.807) is 11.8 Å². The van der Waals surface area contributed by atoms with E-state index >= 15 is 0 Å². The molecular weight excluding hydrogens is 1150 g/mol. The lowest BCUT2D eigenvalue weighted by Gasteiger charge is -2.22. The van der Waals surface area contributed by atoms with Gasteiger partial charge in [0.15, 0.2) is 15.7 Å². The van der Waals surface area contributed by atoms with Crippen molar-refractivity contribution in [3.63, 3.8) is 0 Å². The first kappa shape index (κ1) is 74.2. The van der Waals surface area contributed by atoms with Crippen molar-refractivity contribution >= 4 is 68.4 Å². The first-order valence-electron chi connectivity index (χ1n) is 30.0. The number of para-hydroxylation sites is 1. The number of nitrogens with zero attached hydrogens (tertiary/aromatic N) is 5. The molecular formula is C61H91N7O18S. The number of nitriles is 1. The molecule has 2 aromatic carbocycles. The van der Waals surface area contributed by atoms with Crippen molar-refractivity contribution in [1.29, 1.82) is 5.26 Å². The normalized spacial score (nSPS) is 11.3. The molecule has 0 aliphatic rings. The molecule has 0 aliphatic heterocycles. The fraction of sp³-hybridized carbons (Fsp3) is 0.623. The third kappa shape index (κ3) is 31.5. The third-order valence-corrected chi connectivity index (χ3v) is 15.1. The molecule has 0 amide bonds. The van der Waals surface area contributed by atoms with Crippen LogP contribution in [0.4, 0.5) is 28.7 Å². The maximum atomic E-state index is 14.1. The van der Waals surface area contributed by atoms with E-state index in [4.69, 9.17) is 58.2 Å². The zero-order chi connectivity index (χ0) is 63.3. The Bertz CT molecular complexity index is 2660. The molecule has 0 saturated carbocycles. The maximum absolute atomic E-state index is 14.1. The summed E-state index contributed by atoms with van der Waals surface area (Å²) in [6, 6.07) is 14.0. The highest BCUT2D eigenvalue weighted by atomic mass is 32.2. The molecule has 87 heavy (non-hydrogen) atoms. The van der Waals surface area contributed by atoms with E-state index < -0.39 is 27.5 Å². The van der Waals surface area contributed by atoms with E-state index in [0.29, 0.717) is 108 Å². The Kier molecular flexibility index (Phi) is 38.6. The summed E-state index contributed by atoms with van der Waals surface area (Å²) in [5.74, 6) is -1.71. The highest BCUT2D eigenvalue weighted by Crippen LogP contribution is 2.41. The Labute approximate surface area is 511 Å². The van der Waals surface area contributed by atoms with Crippen LogP contribution in [0.2, 0.25) is 0 Å². The minimum atomic E-state index is -4.11. The lowest BCUT2D eigenvalue weighted by Crippen LogP contribution is -2.36. The zero-order valence-electron chi connectivity index (χ0n) is 50.9. The second kappa shape index (κ2) is 45.3. The van der Waals surface area contributed by atoms with Gasteiger partial charge in [-0.3, -0.25) is 28.9 Å². The van der Waals surface area contributed by atoms with Crippen molar-refractivity contribution in [2.75, 3.05) is 123 Å². The molecule has 0 bridgehead atoms. The Morgan fingerprint density at radius 2 is 1.06 bits per heavy atom. The Balaban J connectivity index is 1.58. The maximum Gasteiger partial charge on any atom is 0.305 e. The van der Waals surface area contributed by atoms with E-state index in [0.717, 1.165) is 12.8 Å². The number of unbranched alkanes of at least 4 members (excludes halogenated alkanes) is 10. The largest absolute Gasteiger partial charge is 0.495 e. The number of carbonyl (C=O) groups excluding carboxylic acids is 5. The van der Waals surface area contributed by atoms with Crippen molar-refractivity contribution in [3.8, 4) is 17.6 Å². The van der Waals surface area contributed by atoms with Gasteiger partial charge in [-0.25, -0.2) is 13.4 Å². The van der Waals surface area contributed by atoms with Gasteiger partial charge in [0.1, 0.15) is 59.5 Å². The zero-order valence-corrected chi connectivity index (χ0v) is 51.7. The number of methoxy groups -OCH3 is 2. The molecule has 0 aliphatic carbocycles. The van der Waals surface area contributed by atoms with E-state index in [2.05, 4.69) is 26.9 Å². The second-order valence-electron chi connectivity index (χ2n) is 20.2. The fourth-order valence-corrected chi connectivity index (χ4v) is 9.89. The molecule has 0 unspecified atom stereocenters. The fourth-order valence-electron chi connectivity index (χ4n) is 8.44. The van der Waals surface area contributed by atoms with E-state index in [1.807, 2.05) is 30.3 Å². The predicted octanol–water partition coefficient (Wildman–Crippen LogP) is 8.44. The van der Waals surface area contributed by atoms with Crippen LogP contribution in [0.3, 0.4) is 0 Å². The first-order chi connectivity index (χ1) is 42.2. The van der Waals surface area contributed by atoms with Gasteiger partial charge in [-0.05, 0) is 96.1 Å². The van der Waals surface area contributed by atoms with E-state index in [9.17, 15) is 37.7 Å². The molecule has 0 saturated heterocycles. The number of hydrogen-bond donors (Lipinski definition) is 5. The van der Waals surface area contributed by atoms with Gasteiger partial charge in [0.25, 0.3) is 0 Å². The van der Waals surface area contributed by atoms with Gasteiger partial charge in [0.05, 0.1) is 52.0 Å². The van der Waals surface area contributed by atoms with Gasteiger partial charge in [-0.2, -0.15) is 5.26 Å². The van der Waals surface area contributed by atoms with Crippen LogP contribution in [0.15, 0.2) is 57.6 Å². The number of ether oxygens (including phenoxy) is 8. The van der Waals surface area contributed by atoms with Crippen LogP contribution in [0.5, 0.6) is 11.5 Å². The number of esters is 5. The molecule has 25 nitrogen and oxygen atoms in total. The number of rotatable bonds is 50. The summed E-state index contributed by atoms with van der Waals surface area (Å²) in [6.45, 7) is 3.21. The number of benzene rings is 2. The number of aliphatic hydroxyl groups excluding tert-OH is 3. The summed E-state index contributed by atoms with van der Waals surface area (Å²) < 4.78 is 71.8.